The van der Waals surface area contributed by atoms with Crippen molar-refractivity contribution < 1.29 is 0 Å². The van der Waals surface area contributed by atoms with Crippen LogP contribution in [0.5, 0.6) is 0 Å². The number of rotatable bonds is 3. The fourth-order valence-corrected chi connectivity index (χ4v) is 1.46. The van der Waals surface area contributed by atoms with Gasteiger partial charge in [0.1, 0.15) is 0 Å². The van der Waals surface area contributed by atoms with Gasteiger partial charge in [-0.25, -0.2) is 0 Å². The number of hydrogen-bond donors (Lipinski definition) is 2. The predicted molar refractivity (Wildman–Crippen MR) is 62.9 cm³/mol. The van der Waals surface area contributed by atoms with Crippen LogP contribution in [0.1, 0.15) is 19.4 Å². The molecule has 2 nitrogen and oxygen atoms in total. The highest BCUT2D eigenvalue weighted by molar-refractivity contribution is 6.33. The van der Waals surface area contributed by atoms with Crippen LogP contribution in [0.25, 0.3) is 0 Å². The van der Waals surface area contributed by atoms with Crippen LogP contribution in [0.2, 0.25) is 5.02 Å². The first-order valence-electron chi connectivity index (χ1n) is 4.68. The predicted octanol–water partition coefficient (Wildman–Crippen LogP) is 2.80. The number of para-hydroxylation sites is 1. The molecule has 78 valence electrons. The lowest BCUT2D eigenvalue weighted by Crippen LogP contribution is -2.39. The highest BCUT2D eigenvalue weighted by Crippen LogP contribution is 2.25. The first-order chi connectivity index (χ1) is 6.40. The molecule has 0 aliphatic rings. The first kappa shape index (κ1) is 11.3. The van der Waals surface area contributed by atoms with E-state index in [0.717, 1.165) is 16.3 Å². The monoisotopic (exact) mass is 212 g/mol. The number of nitrogens with one attached hydrogen (secondary N) is 1. The van der Waals surface area contributed by atoms with E-state index < -0.39 is 0 Å². The van der Waals surface area contributed by atoms with E-state index in [-0.39, 0.29) is 5.54 Å². The lowest BCUT2D eigenvalue weighted by molar-refractivity contribution is 0.549. The summed E-state index contributed by atoms with van der Waals surface area (Å²) in [5.41, 5.74) is 7.77. The summed E-state index contributed by atoms with van der Waals surface area (Å²) < 4.78 is 0. The van der Waals surface area contributed by atoms with Crippen molar-refractivity contribution in [2.24, 2.45) is 5.73 Å². The SMILES string of the molecule is Cc1cccc(Cl)c1NCC(C)(C)N. The molecule has 0 unspecified atom stereocenters. The van der Waals surface area contributed by atoms with Gasteiger partial charge >= 0.3 is 0 Å². The molecule has 1 aromatic rings. The van der Waals surface area contributed by atoms with E-state index in [1.807, 2.05) is 39.0 Å². The van der Waals surface area contributed by atoms with Crippen molar-refractivity contribution in [2.75, 3.05) is 11.9 Å². The maximum Gasteiger partial charge on any atom is 0.0640 e. The van der Waals surface area contributed by atoms with E-state index in [1.165, 1.54) is 0 Å². The summed E-state index contributed by atoms with van der Waals surface area (Å²) >= 11 is 6.06. The molecule has 0 aliphatic carbocycles. The van der Waals surface area contributed by atoms with Crippen molar-refractivity contribution in [3.8, 4) is 0 Å². The summed E-state index contributed by atoms with van der Waals surface area (Å²) in [5.74, 6) is 0. The van der Waals surface area contributed by atoms with Gasteiger partial charge in [0.15, 0.2) is 0 Å². The molecule has 0 saturated carbocycles. The third-order valence-electron chi connectivity index (χ3n) is 1.94. The summed E-state index contributed by atoms with van der Waals surface area (Å²) in [6.07, 6.45) is 0. The van der Waals surface area contributed by atoms with Crippen LogP contribution < -0.4 is 11.1 Å². The zero-order valence-electron chi connectivity index (χ0n) is 8.89. The molecular formula is C11H17ClN2. The first-order valence-corrected chi connectivity index (χ1v) is 5.06. The van der Waals surface area contributed by atoms with Gasteiger partial charge in [0.05, 0.1) is 10.7 Å². The standard InChI is InChI=1S/C11H17ClN2/c1-8-5-4-6-9(12)10(8)14-7-11(2,3)13/h4-6,14H,7,13H2,1-3H3. The Bertz CT molecular complexity index is 295. The van der Waals surface area contributed by atoms with Gasteiger partial charge in [-0.1, -0.05) is 23.7 Å². The van der Waals surface area contributed by atoms with E-state index in [4.69, 9.17) is 17.3 Å². The molecule has 0 fully saturated rings. The van der Waals surface area contributed by atoms with Crippen LogP contribution in [0.3, 0.4) is 0 Å². The normalized spacial score (nSPS) is 11.5. The molecule has 0 aromatic heterocycles. The van der Waals surface area contributed by atoms with Crippen LogP contribution in [-0.4, -0.2) is 12.1 Å². The Morgan fingerprint density at radius 2 is 2.07 bits per heavy atom. The summed E-state index contributed by atoms with van der Waals surface area (Å²) in [4.78, 5) is 0. The van der Waals surface area contributed by atoms with Crippen molar-refractivity contribution in [1.29, 1.82) is 0 Å². The van der Waals surface area contributed by atoms with E-state index in [9.17, 15) is 0 Å². The Labute approximate surface area is 90.4 Å². The number of anilines is 1. The molecule has 1 rings (SSSR count). The Morgan fingerprint density at radius 1 is 1.43 bits per heavy atom. The van der Waals surface area contributed by atoms with E-state index in [0.29, 0.717) is 6.54 Å². The second-order valence-corrected chi connectivity index (χ2v) is 4.68. The van der Waals surface area contributed by atoms with Gasteiger partial charge in [-0.05, 0) is 32.4 Å². The summed E-state index contributed by atoms with van der Waals surface area (Å²) in [5, 5.41) is 4.01. The molecule has 3 heteroatoms. The van der Waals surface area contributed by atoms with Crippen molar-refractivity contribution in [3.63, 3.8) is 0 Å². The van der Waals surface area contributed by atoms with Gasteiger partial charge in [0, 0.05) is 12.1 Å². The topological polar surface area (TPSA) is 38.0 Å². The molecule has 0 amide bonds. The van der Waals surface area contributed by atoms with Crippen molar-refractivity contribution >= 4 is 17.3 Å². The Balaban J connectivity index is 2.77. The van der Waals surface area contributed by atoms with E-state index >= 15 is 0 Å². The van der Waals surface area contributed by atoms with Crippen molar-refractivity contribution in [2.45, 2.75) is 26.3 Å². The minimum atomic E-state index is -0.231. The highest BCUT2D eigenvalue weighted by Gasteiger charge is 2.11. The van der Waals surface area contributed by atoms with Gasteiger partial charge in [-0.3, -0.25) is 0 Å². The van der Waals surface area contributed by atoms with Gasteiger partial charge in [0.25, 0.3) is 0 Å². The number of aryl methyl sites for hydroxylation is 1. The van der Waals surface area contributed by atoms with E-state index in [2.05, 4.69) is 5.32 Å². The molecule has 0 bridgehead atoms. The lowest BCUT2D eigenvalue weighted by atomic mass is 10.1. The van der Waals surface area contributed by atoms with Crippen LogP contribution in [0, 0.1) is 6.92 Å². The van der Waals surface area contributed by atoms with Gasteiger partial charge in [-0.15, -0.1) is 0 Å². The second-order valence-electron chi connectivity index (χ2n) is 4.27. The Hall–Kier alpha value is -0.730. The van der Waals surface area contributed by atoms with Crippen LogP contribution >= 0.6 is 11.6 Å². The average molecular weight is 213 g/mol. The zero-order chi connectivity index (χ0) is 10.8. The zero-order valence-corrected chi connectivity index (χ0v) is 9.65. The lowest BCUT2D eigenvalue weighted by Gasteiger charge is -2.21. The molecule has 0 heterocycles. The van der Waals surface area contributed by atoms with Crippen LogP contribution in [0.15, 0.2) is 18.2 Å². The summed E-state index contributed by atoms with van der Waals surface area (Å²) in [6, 6.07) is 5.84. The quantitative estimate of drug-likeness (QED) is 0.809. The molecule has 1 aromatic carbocycles. The minimum absolute atomic E-state index is 0.231. The third kappa shape index (κ3) is 3.20. The Kier molecular flexibility index (Phi) is 3.40. The van der Waals surface area contributed by atoms with Gasteiger partial charge < -0.3 is 11.1 Å². The van der Waals surface area contributed by atoms with Crippen LogP contribution in [0.4, 0.5) is 5.69 Å². The number of halogens is 1. The maximum atomic E-state index is 6.06. The van der Waals surface area contributed by atoms with Crippen molar-refractivity contribution in [3.05, 3.63) is 28.8 Å². The molecular weight excluding hydrogens is 196 g/mol. The second kappa shape index (κ2) is 4.20. The minimum Gasteiger partial charge on any atom is -0.382 e. The smallest absolute Gasteiger partial charge is 0.0640 e. The average Bonchev–Trinajstić information content (AvgIpc) is 2.01. The molecule has 0 aliphatic heterocycles. The molecule has 0 saturated heterocycles. The molecule has 0 atom stereocenters. The number of nitrogens with two attached hydrogens (primary N) is 1. The van der Waals surface area contributed by atoms with E-state index in [1.54, 1.807) is 0 Å². The fourth-order valence-electron chi connectivity index (χ4n) is 1.17. The summed E-state index contributed by atoms with van der Waals surface area (Å²) in [7, 11) is 0. The molecule has 0 radical (unpaired) electrons. The fraction of sp³-hybridized carbons (Fsp3) is 0.455. The van der Waals surface area contributed by atoms with Crippen molar-refractivity contribution in [1.82, 2.24) is 0 Å². The molecule has 3 N–H and O–H groups in total. The summed E-state index contributed by atoms with van der Waals surface area (Å²) in [6.45, 7) is 6.69. The van der Waals surface area contributed by atoms with Crippen LogP contribution in [-0.2, 0) is 0 Å². The Morgan fingerprint density at radius 3 is 2.57 bits per heavy atom. The molecule has 14 heavy (non-hydrogen) atoms. The number of benzene rings is 1. The van der Waals surface area contributed by atoms with Gasteiger partial charge in [-0.2, -0.15) is 0 Å². The largest absolute Gasteiger partial charge is 0.382 e. The van der Waals surface area contributed by atoms with Gasteiger partial charge in [0.2, 0.25) is 0 Å². The third-order valence-corrected chi connectivity index (χ3v) is 2.26. The highest BCUT2D eigenvalue weighted by atomic mass is 35.5. The number of hydrogen-bond acceptors (Lipinski definition) is 2. The molecule has 0 spiro atoms. The maximum absolute atomic E-state index is 6.06.